The van der Waals surface area contributed by atoms with E-state index in [0.717, 1.165) is 11.1 Å². The minimum atomic E-state index is -0.637. The van der Waals surface area contributed by atoms with E-state index >= 15 is 0 Å². The Bertz CT molecular complexity index is 1240. The van der Waals surface area contributed by atoms with Gasteiger partial charge in [0.25, 0.3) is 0 Å². The van der Waals surface area contributed by atoms with Crippen molar-refractivity contribution in [1.82, 2.24) is 5.32 Å². The second kappa shape index (κ2) is 8.56. The fourth-order valence-electron chi connectivity index (χ4n) is 5.18. The molecule has 0 saturated carbocycles. The molecule has 174 valence electrons. The average molecular weight is 455 g/mol. The first-order valence-electron chi connectivity index (χ1n) is 11.7. The topological polar surface area (TPSA) is 50.8 Å². The normalized spacial score (nSPS) is 20.6. The number of nitrogens with one attached hydrogen (secondary N) is 1. The van der Waals surface area contributed by atoms with Crippen LogP contribution in [0.3, 0.4) is 0 Å². The molecule has 1 atom stereocenters. The van der Waals surface area contributed by atoms with Gasteiger partial charge in [0.2, 0.25) is 5.91 Å². The summed E-state index contributed by atoms with van der Waals surface area (Å²) in [5.74, 6) is 1.45. The van der Waals surface area contributed by atoms with E-state index in [1.807, 2.05) is 48.5 Å². The molecular weight excluding hydrogens is 424 g/mol. The van der Waals surface area contributed by atoms with Crippen molar-refractivity contribution in [3.63, 3.8) is 0 Å². The molecule has 5 nitrogen and oxygen atoms in total. The molecular formula is C29H30N2O3. The Morgan fingerprint density at radius 2 is 1.76 bits per heavy atom. The molecule has 1 N–H and O–H groups in total. The minimum Gasteiger partial charge on any atom is -0.493 e. The lowest BCUT2D eigenvalue weighted by Crippen LogP contribution is -2.68. The van der Waals surface area contributed by atoms with E-state index in [1.54, 1.807) is 7.11 Å². The molecule has 2 heterocycles. The molecule has 34 heavy (non-hydrogen) atoms. The molecule has 1 unspecified atom stereocenters. The van der Waals surface area contributed by atoms with Crippen LogP contribution < -0.4 is 19.7 Å². The van der Waals surface area contributed by atoms with Gasteiger partial charge < -0.3 is 19.7 Å². The maximum Gasteiger partial charge on any atom is 0.223 e. The summed E-state index contributed by atoms with van der Waals surface area (Å²) in [4.78, 5) is 14.9. The average Bonchev–Trinajstić information content (AvgIpc) is 3.05. The zero-order valence-electron chi connectivity index (χ0n) is 19.9. The molecule has 1 amide bonds. The lowest BCUT2D eigenvalue weighted by atomic mass is 9.74. The third-order valence-corrected chi connectivity index (χ3v) is 7.08. The summed E-state index contributed by atoms with van der Waals surface area (Å²) in [5.41, 5.74) is 3.55. The van der Waals surface area contributed by atoms with Crippen molar-refractivity contribution < 1.29 is 14.3 Å². The second-order valence-corrected chi connectivity index (χ2v) is 9.38. The highest BCUT2D eigenvalue weighted by Gasteiger charge is 2.57. The van der Waals surface area contributed by atoms with Crippen LogP contribution in [0.2, 0.25) is 0 Å². The quantitative estimate of drug-likeness (QED) is 0.549. The molecule has 2 aliphatic rings. The summed E-state index contributed by atoms with van der Waals surface area (Å²) in [6.45, 7) is 5.56. The highest BCUT2D eigenvalue weighted by molar-refractivity contribution is 5.84. The third kappa shape index (κ3) is 3.61. The van der Waals surface area contributed by atoms with Crippen LogP contribution in [0.25, 0.3) is 6.08 Å². The highest BCUT2D eigenvalue weighted by atomic mass is 16.5. The summed E-state index contributed by atoms with van der Waals surface area (Å²) >= 11 is 0. The van der Waals surface area contributed by atoms with E-state index in [2.05, 4.69) is 60.5 Å². The van der Waals surface area contributed by atoms with Gasteiger partial charge in [-0.15, -0.1) is 0 Å². The van der Waals surface area contributed by atoms with Crippen molar-refractivity contribution in [1.29, 1.82) is 0 Å². The van der Waals surface area contributed by atoms with Crippen LogP contribution in [0.4, 0.5) is 5.69 Å². The Labute approximate surface area is 201 Å². The number of fused-ring (bicyclic) bond motifs is 3. The van der Waals surface area contributed by atoms with Crippen LogP contribution in [0.5, 0.6) is 11.5 Å². The zero-order chi connectivity index (χ0) is 23.8. The second-order valence-electron chi connectivity index (χ2n) is 9.38. The number of amides is 1. The first-order valence-corrected chi connectivity index (χ1v) is 11.7. The molecule has 1 fully saturated rings. The molecule has 1 saturated heterocycles. The van der Waals surface area contributed by atoms with E-state index in [9.17, 15) is 4.79 Å². The molecule has 0 aliphatic carbocycles. The first kappa shape index (κ1) is 22.1. The maximum atomic E-state index is 12.6. The molecule has 0 bridgehead atoms. The van der Waals surface area contributed by atoms with Gasteiger partial charge >= 0.3 is 0 Å². The Morgan fingerprint density at radius 1 is 1.00 bits per heavy atom. The molecule has 0 spiro atoms. The number of anilines is 1. The van der Waals surface area contributed by atoms with Gasteiger partial charge in [-0.1, -0.05) is 74.5 Å². The van der Waals surface area contributed by atoms with Gasteiger partial charge in [-0.25, -0.2) is 0 Å². The van der Waals surface area contributed by atoms with E-state index in [1.165, 1.54) is 11.3 Å². The Balaban J connectivity index is 1.45. The molecule has 3 aromatic carbocycles. The van der Waals surface area contributed by atoms with E-state index < -0.39 is 5.66 Å². The lowest BCUT2D eigenvalue weighted by molar-refractivity contribution is -0.124. The summed E-state index contributed by atoms with van der Waals surface area (Å²) in [5, 5.41) is 3.32. The number of nitrogens with zero attached hydrogens (tertiary/aromatic N) is 1. The Morgan fingerprint density at radius 3 is 2.56 bits per heavy atom. The van der Waals surface area contributed by atoms with Gasteiger partial charge in [-0.2, -0.15) is 0 Å². The van der Waals surface area contributed by atoms with Crippen molar-refractivity contribution in [3.05, 3.63) is 95.6 Å². The maximum absolute atomic E-state index is 12.6. The fraction of sp³-hybridized carbons (Fsp3) is 0.276. The number of rotatable bonds is 6. The van der Waals surface area contributed by atoms with Gasteiger partial charge in [-0.3, -0.25) is 4.79 Å². The summed E-state index contributed by atoms with van der Waals surface area (Å²) in [6.07, 6.45) is 4.68. The summed E-state index contributed by atoms with van der Waals surface area (Å²) in [6, 6.07) is 24.4. The minimum absolute atomic E-state index is 0.0732. The molecule has 0 aromatic heterocycles. The van der Waals surface area contributed by atoms with E-state index in [0.29, 0.717) is 31.1 Å². The number of hydrogen-bond acceptors (Lipinski definition) is 4. The number of methoxy groups -OCH3 is 1. The van der Waals surface area contributed by atoms with Crippen molar-refractivity contribution in [2.75, 3.05) is 18.6 Å². The lowest BCUT2D eigenvalue weighted by Gasteiger charge is -2.49. The van der Waals surface area contributed by atoms with Crippen molar-refractivity contribution in [2.24, 2.45) is 0 Å². The van der Waals surface area contributed by atoms with E-state index in [4.69, 9.17) is 9.47 Å². The first-order chi connectivity index (χ1) is 16.4. The van der Waals surface area contributed by atoms with Crippen LogP contribution in [0.1, 0.15) is 37.0 Å². The van der Waals surface area contributed by atoms with Crippen LogP contribution in [-0.2, 0) is 16.8 Å². The third-order valence-electron chi connectivity index (χ3n) is 7.08. The standard InChI is InChI=1S/C29H30N2O3/c1-28(2)23-11-7-8-12-24(23)31-18-16-27(32)30-29(28,31)17-15-21-13-14-25(26(19-21)33-3)34-20-22-9-5-4-6-10-22/h4-15,17,19H,16,18,20H2,1-3H3,(H,30,32)/b17-15+. The SMILES string of the molecule is COc1cc(/C=C/C23NC(=O)CCN2c2ccccc2C3(C)C)ccc1OCc1ccccc1. The van der Waals surface area contributed by atoms with Crippen LogP contribution in [0, 0.1) is 0 Å². The van der Waals surface area contributed by atoms with Gasteiger partial charge in [0.15, 0.2) is 11.5 Å². The van der Waals surface area contributed by atoms with Crippen LogP contribution in [-0.4, -0.2) is 25.2 Å². The number of para-hydroxylation sites is 1. The molecule has 3 aromatic rings. The molecule has 5 heteroatoms. The monoisotopic (exact) mass is 454 g/mol. The molecule has 2 aliphatic heterocycles. The van der Waals surface area contributed by atoms with Gasteiger partial charge in [0.1, 0.15) is 12.3 Å². The number of ether oxygens (including phenoxy) is 2. The number of hydrogen-bond donors (Lipinski definition) is 1. The summed E-state index contributed by atoms with van der Waals surface area (Å²) < 4.78 is 11.6. The number of carbonyl (C=O) groups excluding carboxylic acids is 1. The van der Waals surface area contributed by atoms with Crippen molar-refractivity contribution in [3.8, 4) is 11.5 Å². The predicted molar refractivity (Wildman–Crippen MR) is 135 cm³/mol. The highest BCUT2D eigenvalue weighted by Crippen LogP contribution is 2.52. The van der Waals surface area contributed by atoms with Crippen LogP contribution in [0.15, 0.2) is 78.9 Å². The fourth-order valence-corrected chi connectivity index (χ4v) is 5.18. The smallest absolute Gasteiger partial charge is 0.223 e. The van der Waals surface area contributed by atoms with Gasteiger partial charge in [0, 0.05) is 24.1 Å². The largest absolute Gasteiger partial charge is 0.493 e. The Hall–Kier alpha value is -3.73. The van der Waals surface area contributed by atoms with Crippen molar-refractivity contribution in [2.45, 2.75) is 38.0 Å². The number of carbonyl (C=O) groups is 1. The number of benzene rings is 3. The summed E-state index contributed by atoms with van der Waals surface area (Å²) in [7, 11) is 1.65. The molecule has 0 radical (unpaired) electrons. The van der Waals surface area contributed by atoms with Gasteiger partial charge in [-0.05, 0) is 41.0 Å². The predicted octanol–water partition coefficient (Wildman–Crippen LogP) is 5.30. The Kier molecular flexibility index (Phi) is 5.56. The zero-order valence-corrected chi connectivity index (χ0v) is 19.9. The van der Waals surface area contributed by atoms with Gasteiger partial charge in [0.05, 0.1) is 7.11 Å². The molecule has 5 rings (SSSR count). The van der Waals surface area contributed by atoms with Crippen LogP contribution >= 0.6 is 0 Å². The van der Waals surface area contributed by atoms with Crippen molar-refractivity contribution >= 4 is 17.7 Å². The van der Waals surface area contributed by atoms with E-state index in [-0.39, 0.29) is 11.3 Å².